The van der Waals surface area contributed by atoms with Crippen molar-refractivity contribution >= 4 is 11.0 Å². The highest BCUT2D eigenvalue weighted by Gasteiger charge is 2.32. The predicted molar refractivity (Wildman–Crippen MR) is 110 cm³/mol. The van der Waals surface area contributed by atoms with Crippen LogP contribution in [0.3, 0.4) is 0 Å². The summed E-state index contributed by atoms with van der Waals surface area (Å²) in [5.74, 6) is 2.63. The molecule has 136 valence electrons. The molecule has 0 saturated carbocycles. The molecule has 2 heteroatoms. The third-order valence-corrected chi connectivity index (χ3v) is 5.93. The summed E-state index contributed by atoms with van der Waals surface area (Å²) >= 11 is 0. The van der Waals surface area contributed by atoms with Gasteiger partial charge in [-0.3, -0.25) is 0 Å². The molecule has 1 aliphatic heterocycles. The number of aryl methyl sites for hydroxylation is 4. The normalized spacial score (nSPS) is 13.5. The maximum absolute atomic E-state index is 2.56. The Morgan fingerprint density at radius 2 is 1.85 bits per heavy atom. The second-order valence-electron chi connectivity index (χ2n) is 8.68. The molecule has 0 bridgehead atoms. The zero-order valence-corrected chi connectivity index (χ0v) is 17.1. The molecule has 0 fully saturated rings. The van der Waals surface area contributed by atoms with E-state index in [1.54, 1.807) is 11.1 Å². The molecule has 2 nitrogen and oxygen atoms in total. The van der Waals surface area contributed by atoms with Crippen LogP contribution in [0.4, 0.5) is 0 Å². The van der Waals surface area contributed by atoms with Crippen molar-refractivity contribution in [2.45, 2.75) is 59.9 Å². The van der Waals surface area contributed by atoms with Gasteiger partial charge >= 0.3 is 0 Å². The Labute approximate surface area is 157 Å². The molecular formula is C24H31N2+. The summed E-state index contributed by atoms with van der Waals surface area (Å²) in [6.07, 6.45) is 2.35. The van der Waals surface area contributed by atoms with Gasteiger partial charge in [0.15, 0.2) is 11.0 Å². The van der Waals surface area contributed by atoms with E-state index in [1.807, 2.05) is 0 Å². The van der Waals surface area contributed by atoms with Gasteiger partial charge < -0.3 is 0 Å². The largest absolute Gasteiger partial charge is 0.289 e. The molecule has 2 heterocycles. The first kappa shape index (κ1) is 17.3. The molecule has 0 spiro atoms. The quantitative estimate of drug-likeness (QED) is 0.565. The predicted octanol–water partition coefficient (Wildman–Crippen LogP) is 5.32. The summed E-state index contributed by atoms with van der Waals surface area (Å²) in [5.41, 5.74) is 10.1. The van der Waals surface area contributed by atoms with Crippen molar-refractivity contribution in [2.75, 3.05) is 0 Å². The highest BCUT2D eigenvalue weighted by molar-refractivity contribution is 5.81. The fraction of sp³-hybridized carbons (Fsp3) is 0.458. The van der Waals surface area contributed by atoms with E-state index >= 15 is 0 Å². The highest BCUT2D eigenvalue weighted by atomic mass is 15.2. The first-order chi connectivity index (χ1) is 12.4. The Balaban J connectivity index is 1.92. The van der Waals surface area contributed by atoms with Crippen LogP contribution in [0.5, 0.6) is 0 Å². The van der Waals surface area contributed by atoms with Crippen molar-refractivity contribution in [1.29, 1.82) is 0 Å². The maximum Gasteiger partial charge on any atom is 0.289 e. The van der Waals surface area contributed by atoms with Gasteiger partial charge in [0, 0.05) is 12.0 Å². The summed E-state index contributed by atoms with van der Waals surface area (Å²) < 4.78 is 4.96. The van der Waals surface area contributed by atoms with Gasteiger partial charge in [-0.15, -0.1) is 0 Å². The van der Waals surface area contributed by atoms with E-state index in [1.165, 1.54) is 46.4 Å². The minimum absolute atomic E-state index is 0.572. The molecule has 0 atom stereocenters. The number of imidazole rings is 1. The van der Waals surface area contributed by atoms with Gasteiger partial charge in [-0.25, -0.2) is 9.13 Å². The van der Waals surface area contributed by atoms with Gasteiger partial charge in [0.2, 0.25) is 0 Å². The SMILES string of the molecule is Cc1cc(C(C)C)ccc1-c1n(C)c2ccc(CC(C)C)c3c2[n+]1CC3. The third kappa shape index (κ3) is 2.58. The average Bonchev–Trinajstić information content (AvgIpc) is 3.12. The second-order valence-corrected chi connectivity index (χ2v) is 8.68. The van der Waals surface area contributed by atoms with Crippen molar-refractivity contribution in [3.63, 3.8) is 0 Å². The molecule has 1 aliphatic rings. The molecule has 0 unspecified atom stereocenters. The van der Waals surface area contributed by atoms with Crippen LogP contribution in [0, 0.1) is 12.8 Å². The minimum atomic E-state index is 0.572. The molecule has 1 aromatic heterocycles. The zero-order valence-electron chi connectivity index (χ0n) is 17.1. The maximum atomic E-state index is 2.56. The van der Waals surface area contributed by atoms with Crippen molar-refractivity contribution in [3.05, 3.63) is 52.6 Å². The average molecular weight is 348 g/mol. The van der Waals surface area contributed by atoms with Crippen LogP contribution in [0.15, 0.2) is 30.3 Å². The van der Waals surface area contributed by atoms with Gasteiger partial charge in [0.1, 0.15) is 0 Å². The standard InChI is InChI=1S/C24H31N2/c1-15(2)13-19-8-10-22-23-21(19)11-12-26(23)24(25(22)6)20-9-7-18(16(3)4)14-17(20)5/h7-10,14-16H,11-13H2,1-6H3/q+1. The first-order valence-electron chi connectivity index (χ1n) is 10.0. The number of aromatic nitrogens is 2. The van der Waals surface area contributed by atoms with E-state index in [9.17, 15) is 0 Å². The van der Waals surface area contributed by atoms with E-state index in [4.69, 9.17) is 0 Å². The van der Waals surface area contributed by atoms with Crippen LogP contribution < -0.4 is 4.57 Å². The van der Waals surface area contributed by atoms with Crippen molar-refractivity contribution in [1.82, 2.24) is 4.57 Å². The van der Waals surface area contributed by atoms with Crippen molar-refractivity contribution in [3.8, 4) is 11.4 Å². The van der Waals surface area contributed by atoms with Crippen LogP contribution in [0.25, 0.3) is 22.4 Å². The van der Waals surface area contributed by atoms with Crippen LogP contribution >= 0.6 is 0 Å². The summed E-state index contributed by atoms with van der Waals surface area (Å²) in [7, 11) is 2.22. The van der Waals surface area contributed by atoms with E-state index in [-0.39, 0.29) is 0 Å². The second kappa shape index (κ2) is 6.26. The molecule has 0 aliphatic carbocycles. The summed E-state index contributed by atoms with van der Waals surface area (Å²) in [6, 6.07) is 11.7. The Morgan fingerprint density at radius 1 is 1.08 bits per heavy atom. The molecule has 26 heavy (non-hydrogen) atoms. The summed E-state index contributed by atoms with van der Waals surface area (Å²) in [5, 5.41) is 0. The Hall–Kier alpha value is -2.09. The van der Waals surface area contributed by atoms with Gasteiger partial charge in [0.05, 0.1) is 19.2 Å². The monoisotopic (exact) mass is 347 g/mol. The van der Waals surface area contributed by atoms with Gasteiger partial charge in [-0.1, -0.05) is 45.9 Å². The molecule has 2 aromatic carbocycles. The van der Waals surface area contributed by atoms with E-state index < -0.39 is 0 Å². The molecule has 0 radical (unpaired) electrons. The Morgan fingerprint density at radius 3 is 2.50 bits per heavy atom. The van der Waals surface area contributed by atoms with E-state index in [0.29, 0.717) is 11.8 Å². The first-order valence-corrected chi connectivity index (χ1v) is 10.0. The summed E-state index contributed by atoms with van der Waals surface area (Å²) in [4.78, 5) is 0. The van der Waals surface area contributed by atoms with Crippen LogP contribution in [0.1, 0.15) is 55.9 Å². The van der Waals surface area contributed by atoms with Gasteiger partial charge in [0.25, 0.3) is 5.82 Å². The molecule has 0 amide bonds. The smallest absolute Gasteiger partial charge is 0.226 e. The number of benzene rings is 2. The van der Waals surface area contributed by atoms with Gasteiger partial charge in [-0.2, -0.15) is 0 Å². The number of nitrogens with zero attached hydrogens (tertiary/aromatic N) is 2. The molecule has 0 saturated heterocycles. The van der Waals surface area contributed by atoms with Crippen molar-refractivity contribution in [2.24, 2.45) is 13.0 Å². The number of hydrogen-bond acceptors (Lipinski definition) is 0. The number of rotatable bonds is 4. The van der Waals surface area contributed by atoms with Crippen LogP contribution in [-0.4, -0.2) is 4.57 Å². The Bertz CT molecular complexity index is 989. The fourth-order valence-electron chi connectivity index (χ4n) is 4.61. The fourth-order valence-corrected chi connectivity index (χ4v) is 4.61. The third-order valence-electron chi connectivity index (χ3n) is 5.93. The topological polar surface area (TPSA) is 8.81 Å². The zero-order chi connectivity index (χ0) is 18.6. The lowest BCUT2D eigenvalue weighted by atomic mass is 9.96. The molecule has 0 N–H and O–H groups in total. The van der Waals surface area contributed by atoms with Gasteiger partial charge in [-0.05, 0) is 54.0 Å². The molecular weight excluding hydrogens is 316 g/mol. The van der Waals surface area contributed by atoms with E-state index in [0.717, 1.165) is 6.54 Å². The lowest BCUT2D eigenvalue weighted by Crippen LogP contribution is -2.33. The molecule has 4 rings (SSSR count). The molecule has 3 aromatic rings. The summed E-state index contributed by atoms with van der Waals surface area (Å²) in [6.45, 7) is 12.5. The Kier molecular flexibility index (Phi) is 4.17. The van der Waals surface area contributed by atoms with Crippen molar-refractivity contribution < 1.29 is 4.57 Å². The lowest BCUT2D eigenvalue weighted by Gasteiger charge is -2.10. The van der Waals surface area contributed by atoms with Crippen LogP contribution in [0.2, 0.25) is 0 Å². The highest BCUT2D eigenvalue weighted by Crippen LogP contribution is 2.33. The van der Waals surface area contributed by atoms with Crippen LogP contribution in [-0.2, 0) is 26.4 Å². The number of hydrogen-bond donors (Lipinski definition) is 0. The minimum Gasteiger partial charge on any atom is -0.226 e. The lowest BCUT2D eigenvalue weighted by molar-refractivity contribution is -0.653. The van der Waals surface area contributed by atoms with E-state index in [2.05, 4.69) is 81.1 Å².